The minimum Gasteiger partial charge on any atom is -0.477 e. The number of aromatic carboxylic acids is 1. The van der Waals surface area contributed by atoms with Crippen LogP contribution in [0.4, 0.5) is 8.78 Å². The average Bonchev–Trinajstić information content (AvgIpc) is 2.47. The van der Waals surface area contributed by atoms with E-state index in [1.165, 1.54) is 24.4 Å². The van der Waals surface area contributed by atoms with Crippen LogP contribution in [-0.2, 0) is 6.54 Å². The van der Waals surface area contributed by atoms with Gasteiger partial charge in [0.25, 0.3) is 5.56 Å². The van der Waals surface area contributed by atoms with Gasteiger partial charge in [-0.2, -0.15) is 0 Å². The molecule has 1 N–H and O–H groups in total. The Morgan fingerprint density at radius 3 is 2.43 bits per heavy atom. The average molecular weight is 295 g/mol. The molecule has 0 unspecified atom stereocenters. The summed E-state index contributed by atoms with van der Waals surface area (Å²) in [5.41, 5.74) is -0.701. The van der Waals surface area contributed by atoms with E-state index in [-0.39, 0.29) is 12.1 Å². The van der Waals surface area contributed by atoms with Gasteiger partial charge in [-0.3, -0.25) is 4.79 Å². The quantitative estimate of drug-likeness (QED) is 0.947. The molecule has 0 aliphatic carbocycles. The molecule has 0 amide bonds. The van der Waals surface area contributed by atoms with Gasteiger partial charge in [0.05, 0.1) is 6.54 Å². The van der Waals surface area contributed by atoms with Crippen molar-refractivity contribution in [1.82, 2.24) is 4.57 Å². The normalized spacial score (nSPS) is 9.71. The summed E-state index contributed by atoms with van der Waals surface area (Å²) in [5, 5.41) is 8.81. The number of pyridine rings is 1. The molecule has 6 heteroatoms. The lowest BCUT2D eigenvalue weighted by Crippen LogP contribution is -2.26. The van der Waals surface area contributed by atoms with Crippen molar-refractivity contribution in [2.45, 2.75) is 20.4 Å². The van der Waals surface area contributed by atoms with Crippen molar-refractivity contribution in [3.8, 4) is 0 Å². The molecule has 0 radical (unpaired) electrons. The molecule has 21 heavy (non-hydrogen) atoms. The van der Waals surface area contributed by atoms with E-state index in [2.05, 4.69) is 0 Å². The van der Waals surface area contributed by atoms with Crippen molar-refractivity contribution in [2.24, 2.45) is 0 Å². The lowest BCUT2D eigenvalue weighted by molar-refractivity contribution is 0.0694. The van der Waals surface area contributed by atoms with E-state index in [0.29, 0.717) is 5.56 Å². The van der Waals surface area contributed by atoms with E-state index in [1.807, 2.05) is 13.8 Å². The van der Waals surface area contributed by atoms with Gasteiger partial charge in [-0.05, 0) is 29.8 Å². The number of carboxylic acids is 1. The maximum Gasteiger partial charge on any atom is 0.341 e. The Labute approximate surface area is 120 Å². The van der Waals surface area contributed by atoms with Gasteiger partial charge >= 0.3 is 5.97 Å². The maximum atomic E-state index is 13.0. The molecule has 0 atom stereocenters. The fraction of sp³-hybridized carbons (Fsp3) is 0.200. The van der Waals surface area contributed by atoms with Gasteiger partial charge in [-0.1, -0.05) is 19.9 Å². The number of rotatable bonds is 3. The van der Waals surface area contributed by atoms with E-state index in [1.54, 1.807) is 0 Å². The summed E-state index contributed by atoms with van der Waals surface area (Å²) in [6.45, 7) is 3.97. The van der Waals surface area contributed by atoms with Crippen molar-refractivity contribution in [3.05, 3.63) is 69.6 Å². The third-order valence-corrected chi connectivity index (χ3v) is 2.59. The van der Waals surface area contributed by atoms with Crippen LogP contribution in [0, 0.1) is 11.6 Å². The van der Waals surface area contributed by atoms with E-state index in [9.17, 15) is 18.4 Å². The number of hydrogen-bond donors (Lipinski definition) is 1. The molecule has 1 heterocycles. The molecular weight excluding hydrogens is 280 g/mol. The second-order valence-corrected chi connectivity index (χ2v) is 3.91. The smallest absolute Gasteiger partial charge is 0.341 e. The summed E-state index contributed by atoms with van der Waals surface area (Å²) in [5.74, 6) is -3.32. The summed E-state index contributed by atoms with van der Waals surface area (Å²) in [6.07, 6.45) is 1.38. The van der Waals surface area contributed by atoms with Gasteiger partial charge < -0.3 is 9.67 Å². The maximum absolute atomic E-state index is 13.0. The first kappa shape index (κ1) is 16.6. The second kappa shape index (κ2) is 7.33. The van der Waals surface area contributed by atoms with Gasteiger partial charge in [0.2, 0.25) is 0 Å². The van der Waals surface area contributed by atoms with Gasteiger partial charge in [0.1, 0.15) is 5.56 Å². The molecule has 0 saturated carbocycles. The predicted octanol–water partition coefficient (Wildman–Crippen LogP) is 2.90. The molecule has 0 bridgehead atoms. The molecule has 0 aliphatic heterocycles. The first-order valence-corrected chi connectivity index (χ1v) is 6.35. The zero-order valence-electron chi connectivity index (χ0n) is 11.6. The third-order valence-electron chi connectivity index (χ3n) is 2.59. The van der Waals surface area contributed by atoms with Crippen LogP contribution in [0.3, 0.4) is 0 Å². The van der Waals surface area contributed by atoms with Crippen LogP contribution >= 0.6 is 0 Å². The molecular formula is C15H15F2NO3. The van der Waals surface area contributed by atoms with Gasteiger partial charge in [-0.15, -0.1) is 0 Å². The van der Waals surface area contributed by atoms with Crippen LogP contribution in [0.15, 0.2) is 41.3 Å². The number of hydrogen-bond acceptors (Lipinski definition) is 2. The molecule has 0 saturated heterocycles. The van der Waals surface area contributed by atoms with Crippen LogP contribution in [0.1, 0.15) is 29.8 Å². The fourth-order valence-electron chi connectivity index (χ4n) is 1.66. The van der Waals surface area contributed by atoms with Crippen molar-refractivity contribution >= 4 is 5.97 Å². The zero-order chi connectivity index (χ0) is 16.0. The molecule has 1 aromatic carbocycles. The first-order chi connectivity index (χ1) is 9.99. The van der Waals surface area contributed by atoms with Crippen molar-refractivity contribution in [1.29, 1.82) is 0 Å². The Kier molecular flexibility index (Phi) is 5.78. The summed E-state index contributed by atoms with van der Waals surface area (Å²) >= 11 is 0. The number of nitrogens with zero attached hydrogens (tertiary/aromatic N) is 1. The monoisotopic (exact) mass is 295 g/mol. The van der Waals surface area contributed by atoms with E-state index in [0.717, 1.165) is 16.7 Å². The highest BCUT2D eigenvalue weighted by Gasteiger charge is 2.10. The molecule has 2 aromatic rings. The molecule has 4 nitrogen and oxygen atoms in total. The number of benzene rings is 1. The second-order valence-electron chi connectivity index (χ2n) is 3.91. The fourth-order valence-corrected chi connectivity index (χ4v) is 1.66. The van der Waals surface area contributed by atoms with Crippen LogP contribution in [0.2, 0.25) is 0 Å². The molecule has 0 aliphatic rings. The topological polar surface area (TPSA) is 59.3 Å². The Morgan fingerprint density at radius 1 is 1.19 bits per heavy atom. The summed E-state index contributed by atoms with van der Waals surface area (Å²) in [4.78, 5) is 22.6. The van der Waals surface area contributed by atoms with Gasteiger partial charge in [0.15, 0.2) is 11.6 Å². The summed E-state index contributed by atoms with van der Waals surface area (Å²) < 4.78 is 26.9. The Morgan fingerprint density at radius 2 is 1.86 bits per heavy atom. The SMILES string of the molecule is CC.O=C(O)c1cccn(Cc2ccc(F)c(F)c2)c1=O. The lowest BCUT2D eigenvalue weighted by Gasteiger charge is -2.07. The zero-order valence-corrected chi connectivity index (χ0v) is 11.6. The van der Waals surface area contributed by atoms with Crippen LogP contribution < -0.4 is 5.56 Å². The predicted molar refractivity (Wildman–Crippen MR) is 74.5 cm³/mol. The Bertz CT molecular complexity index is 696. The first-order valence-electron chi connectivity index (χ1n) is 6.35. The van der Waals surface area contributed by atoms with Crippen LogP contribution in [0.5, 0.6) is 0 Å². The lowest BCUT2D eigenvalue weighted by atomic mass is 10.2. The minimum atomic E-state index is -1.33. The summed E-state index contributed by atoms with van der Waals surface area (Å²) in [6, 6.07) is 5.85. The van der Waals surface area contributed by atoms with Crippen LogP contribution in [0.25, 0.3) is 0 Å². The number of halogens is 2. The number of aromatic nitrogens is 1. The molecule has 112 valence electrons. The molecule has 0 spiro atoms. The molecule has 0 fully saturated rings. The largest absolute Gasteiger partial charge is 0.477 e. The van der Waals surface area contributed by atoms with Crippen molar-refractivity contribution in [2.75, 3.05) is 0 Å². The highest BCUT2D eigenvalue weighted by atomic mass is 19.2. The highest BCUT2D eigenvalue weighted by molar-refractivity contribution is 5.86. The molecule has 2 rings (SSSR count). The van der Waals surface area contributed by atoms with Gasteiger partial charge in [0, 0.05) is 6.20 Å². The van der Waals surface area contributed by atoms with E-state index >= 15 is 0 Å². The number of carbonyl (C=O) groups is 1. The van der Waals surface area contributed by atoms with Crippen molar-refractivity contribution < 1.29 is 18.7 Å². The summed E-state index contributed by atoms with van der Waals surface area (Å²) in [7, 11) is 0. The van der Waals surface area contributed by atoms with E-state index in [4.69, 9.17) is 5.11 Å². The Balaban J connectivity index is 0.00000106. The molecule has 1 aromatic heterocycles. The third kappa shape index (κ3) is 3.98. The minimum absolute atomic E-state index is 0.0306. The van der Waals surface area contributed by atoms with Gasteiger partial charge in [-0.25, -0.2) is 13.6 Å². The standard InChI is InChI=1S/C13H9F2NO3.C2H6/c14-10-4-3-8(6-11(10)15)7-16-5-1-2-9(12(16)17)13(18)19;1-2/h1-6H,7H2,(H,18,19);1-2H3. The van der Waals surface area contributed by atoms with Crippen LogP contribution in [-0.4, -0.2) is 15.6 Å². The van der Waals surface area contributed by atoms with E-state index < -0.39 is 23.2 Å². The highest BCUT2D eigenvalue weighted by Crippen LogP contribution is 2.09. The number of carboxylic acid groups (broad SMARTS) is 1. The van der Waals surface area contributed by atoms with Crippen molar-refractivity contribution in [3.63, 3.8) is 0 Å². The Hall–Kier alpha value is -2.50.